The molecule has 3 rings (SSSR count). The van der Waals surface area contributed by atoms with Gasteiger partial charge in [0.05, 0.1) is 18.7 Å². The van der Waals surface area contributed by atoms with Crippen molar-refractivity contribution in [1.82, 2.24) is 15.3 Å². The second-order valence-corrected chi connectivity index (χ2v) is 6.01. The van der Waals surface area contributed by atoms with Crippen molar-refractivity contribution in [3.63, 3.8) is 0 Å². The van der Waals surface area contributed by atoms with E-state index in [1.807, 2.05) is 0 Å². The number of rotatable bonds is 5. The molecule has 0 atom stereocenters. The Kier molecular flexibility index (Phi) is 5.87. The predicted molar refractivity (Wildman–Crippen MR) is 99.9 cm³/mol. The van der Waals surface area contributed by atoms with Gasteiger partial charge in [-0.3, -0.25) is 0 Å². The number of amides is 1. The van der Waals surface area contributed by atoms with Gasteiger partial charge >= 0.3 is 6.09 Å². The van der Waals surface area contributed by atoms with Crippen molar-refractivity contribution in [2.45, 2.75) is 6.42 Å². The summed E-state index contributed by atoms with van der Waals surface area (Å²) in [6.07, 6.45) is 0.618. The molecule has 0 aliphatic heterocycles. The quantitative estimate of drug-likeness (QED) is 0.657. The Morgan fingerprint density at radius 3 is 2.86 bits per heavy atom. The molecule has 1 N–H and O–H groups in total. The number of methoxy groups -OCH3 is 1. The molecule has 1 amide bonds. The highest BCUT2D eigenvalue weighted by Crippen LogP contribution is 2.32. The summed E-state index contributed by atoms with van der Waals surface area (Å²) < 4.78 is 24.7. The number of nitrogens with one attached hydrogen (secondary N) is 1. The van der Waals surface area contributed by atoms with Gasteiger partial charge < -0.3 is 14.8 Å². The van der Waals surface area contributed by atoms with Crippen molar-refractivity contribution in [2.75, 3.05) is 13.7 Å². The molecule has 3 aromatic rings. The Bertz CT molecular complexity index is 1080. The first-order valence-electron chi connectivity index (χ1n) is 8.15. The molecular formula is C19H14ClFN4O3. The second-order valence-electron chi connectivity index (χ2n) is 5.62. The fourth-order valence-electron chi connectivity index (χ4n) is 2.78. The maximum atomic E-state index is 14.5. The van der Waals surface area contributed by atoms with E-state index in [2.05, 4.69) is 21.4 Å². The number of aromatic nitrogens is 2. The number of hydrogen-bond acceptors (Lipinski definition) is 6. The minimum atomic E-state index is -0.758. The third-order valence-electron chi connectivity index (χ3n) is 3.99. The molecule has 0 aliphatic carbocycles. The van der Waals surface area contributed by atoms with Gasteiger partial charge in [-0.1, -0.05) is 11.6 Å². The van der Waals surface area contributed by atoms with Crippen molar-refractivity contribution < 1.29 is 18.7 Å². The summed E-state index contributed by atoms with van der Waals surface area (Å²) in [6, 6.07) is 9.39. The standard InChI is InChI=1S/C19H14ClFN4O3/c1-27-15-5-4-14(21)18-12(11(9-22)2-3-13(15)18)6-7-23-19(26)28-17-8-16(20)24-10-25-17/h2-5,8,10H,6-7H2,1H3,(H,23,26). The van der Waals surface area contributed by atoms with Crippen molar-refractivity contribution in [2.24, 2.45) is 0 Å². The molecule has 2 aromatic carbocycles. The monoisotopic (exact) mass is 400 g/mol. The third-order valence-corrected chi connectivity index (χ3v) is 4.20. The van der Waals surface area contributed by atoms with E-state index in [4.69, 9.17) is 21.1 Å². The summed E-state index contributed by atoms with van der Waals surface area (Å²) in [6.45, 7) is 0.113. The maximum Gasteiger partial charge on any atom is 0.413 e. The number of hydrogen-bond donors (Lipinski definition) is 1. The highest BCUT2D eigenvalue weighted by Gasteiger charge is 2.15. The normalized spacial score (nSPS) is 10.4. The summed E-state index contributed by atoms with van der Waals surface area (Å²) in [5.41, 5.74) is 0.791. The number of benzene rings is 2. The lowest BCUT2D eigenvalue weighted by Crippen LogP contribution is -2.29. The second kappa shape index (κ2) is 8.50. The Morgan fingerprint density at radius 2 is 2.14 bits per heavy atom. The number of nitrogens with zero attached hydrogens (tertiary/aromatic N) is 3. The van der Waals surface area contributed by atoms with Crippen LogP contribution in [0.25, 0.3) is 10.8 Å². The number of halogens is 2. The van der Waals surface area contributed by atoms with Crippen LogP contribution in [0.15, 0.2) is 36.7 Å². The SMILES string of the molecule is COc1ccc(F)c2c(CCNC(=O)Oc3cc(Cl)ncn3)c(C#N)ccc12. The van der Waals surface area contributed by atoms with Gasteiger partial charge in [0.15, 0.2) is 0 Å². The topological polar surface area (TPSA) is 97.1 Å². The van der Waals surface area contributed by atoms with Gasteiger partial charge in [-0.15, -0.1) is 0 Å². The van der Waals surface area contributed by atoms with E-state index in [1.165, 1.54) is 25.3 Å². The number of ether oxygens (including phenoxy) is 2. The first-order chi connectivity index (χ1) is 13.5. The van der Waals surface area contributed by atoms with Crippen LogP contribution >= 0.6 is 11.6 Å². The van der Waals surface area contributed by atoms with Crippen LogP contribution in [0.3, 0.4) is 0 Å². The molecule has 9 heteroatoms. The van der Waals surface area contributed by atoms with E-state index < -0.39 is 11.9 Å². The minimum Gasteiger partial charge on any atom is -0.496 e. The van der Waals surface area contributed by atoms with Crippen molar-refractivity contribution in [1.29, 1.82) is 5.26 Å². The van der Waals surface area contributed by atoms with Crippen LogP contribution in [0.5, 0.6) is 11.6 Å². The molecule has 7 nitrogen and oxygen atoms in total. The van der Waals surface area contributed by atoms with Crippen molar-refractivity contribution in [3.8, 4) is 17.7 Å². The van der Waals surface area contributed by atoms with Crippen LogP contribution in [0.2, 0.25) is 5.15 Å². The molecule has 0 saturated heterocycles. The molecule has 142 valence electrons. The zero-order chi connectivity index (χ0) is 20.1. The molecule has 0 unspecified atom stereocenters. The third kappa shape index (κ3) is 4.10. The van der Waals surface area contributed by atoms with Crippen LogP contribution in [-0.2, 0) is 6.42 Å². The first kappa shape index (κ1) is 19.3. The van der Waals surface area contributed by atoms with Crippen molar-refractivity contribution >= 4 is 28.5 Å². The highest BCUT2D eigenvalue weighted by atomic mass is 35.5. The van der Waals surface area contributed by atoms with Crippen LogP contribution in [0.1, 0.15) is 11.1 Å². The molecule has 0 aliphatic rings. The van der Waals surface area contributed by atoms with Gasteiger partial charge in [-0.05, 0) is 36.2 Å². The lowest BCUT2D eigenvalue weighted by Gasteiger charge is -2.13. The predicted octanol–water partition coefficient (Wildman–Crippen LogP) is 3.63. The molecule has 28 heavy (non-hydrogen) atoms. The minimum absolute atomic E-state index is 0.00356. The van der Waals surface area contributed by atoms with E-state index in [0.29, 0.717) is 22.3 Å². The molecule has 0 radical (unpaired) electrons. The van der Waals surface area contributed by atoms with Crippen LogP contribution < -0.4 is 14.8 Å². The van der Waals surface area contributed by atoms with E-state index >= 15 is 0 Å². The summed E-state index contributed by atoms with van der Waals surface area (Å²) in [7, 11) is 1.49. The van der Waals surface area contributed by atoms with Crippen LogP contribution in [0, 0.1) is 17.1 Å². The zero-order valence-corrected chi connectivity index (χ0v) is 15.5. The van der Waals surface area contributed by atoms with Gasteiger partial charge in [0.25, 0.3) is 0 Å². The number of carbonyl (C=O) groups is 1. The number of carbonyl (C=O) groups excluding carboxylic acids is 1. The van der Waals surface area contributed by atoms with E-state index in [-0.39, 0.29) is 29.4 Å². The maximum absolute atomic E-state index is 14.5. The molecule has 0 spiro atoms. The molecule has 0 fully saturated rings. The molecule has 1 aromatic heterocycles. The Balaban J connectivity index is 1.78. The van der Waals surface area contributed by atoms with Gasteiger partial charge in [0.1, 0.15) is 23.0 Å². The lowest BCUT2D eigenvalue weighted by molar-refractivity contribution is 0.198. The number of nitriles is 1. The van der Waals surface area contributed by atoms with Gasteiger partial charge in [0.2, 0.25) is 5.88 Å². The smallest absolute Gasteiger partial charge is 0.413 e. The first-order valence-corrected chi connectivity index (χ1v) is 8.52. The van der Waals surface area contributed by atoms with Gasteiger partial charge in [0, 0.05) is 23.4 Å². The average molecular weight is 401 g/mol. The van der Waals surface area contributed by atoms with Crippen LogP contribution in [0.4, 0.5) is 9.18 Å². The van der Waals surface area contributed by atoms with E-state index in [0.717, 1.165) is 6.33 Å². The zero-order valence-electron chi connectivity index (χ0n) is 14.7. The Labute approximate surface area is 164 Å². The van der Waals surface area contributed by atoms with E-state index in [1.54, 1.807) is 12.1 Å². The molecule has 0 bridgehead atoms. The fraction of sp³-hybridized carbons (Fsp3) is 0.158. The van der Waals surface area contributed by atoms with Crippen molar-refractivity contribution in [3.05, 3.63) is 58.8 Å². The summed E-state index contributed by atoms with van der Waals surface area (Å²) in [5, 5.41) is 12.9. The summed E-state index contributed by atoms with van der Waals surface area (Å²) in [4.78, 5) is 19.3. The van der Waals surface area contributed by atoms with Crippen LogP contribution in [-0.4, -0.2) is 29.7 Å². The molecular weight excluding hydrogens is 387 g/mol. The van der Waals surface area contributed by atoms with Gasteiger partial charge in [-0.2, -0.15) is 5.26 Å². The van der Waals surface area contributed by atoms with Gasteiger partial charge in [-0.25, -0.2) is 19.2 Å². The molecule has 0 saturated carbocycles. The summed E-state index contributed by atoms with van der Waals surface area (Å²) in [5.74, 6) is 0.0207. The van der Waals surface area contributed by atoms with E-state index in [9.17, 15) is 14.4 Å². The molecule has 1 heterocycles. The Hall–Kier alpha value is -3.44. The largest absolute Gasteiger partial charge is 0.496 e. The Morgan fingerprint density at radius 1 is 1.32 bits per heavy atom. The number of fused-ring (bicyclic) bond motifs is 1. The lowest BCUT2D eigenvalue weighted by atomic mass is 9.96. The summed E-state index contributed by atoms with van der Waals surface area (Å²) >= 11 is 5.70. The average Bonchev–Trinajstić information content (AvgIpc) is 2.68. The fourth-order valence-corrected chi connectivity index (χ4v) is 2.92. The highest BCUT2D eigenvalue weighted by molar-refractivity contribution is 6.29.